The Morgan fingerprint density at radius 3 is 2.07 bits per heavy atom. The molecule has 0 aromatic heterocycles. The molecular weight excluding hydrogens is 398 g/mol. The molecule has 5 nitrogen and oxygen atoms in total. The van der Waals surface area contributed by atoms with Gasteiger partial charge in [-0.15, -0.1) is 0 Å². The first-order chi connectivity index (χ1) is 14.2. The van der Waals surface area contributed by atoms with E-state index in [4.69, 9.17) is 5.11 Å². The van der Waals surface area contributed by atoms with E-state index in [0.29, 0.717) is 17.0 Å². The molecule has 3 rings (SSSR count). The summed E-state index contributed by atoms with van der Waals surface area (Å²) < 4.78 is 28.6. The van der Waals surface area contributed by atoms with E-state index in [1.807, 2.05) is 37.3 Å². The van der Waals surface area contributed by atoms with Gasteiger partial charge >= 0.3 is 5.97 Å². The number of hydrogen-bond acceptors (Lipinski definition) is 3. The summed E-state index contributed by atoms with van der Waals surface area (Å²) in [6.07, 6.45) is 1.44. The number of aromatic carboxylic acids is 1. The number of carboxylic acid groups (broad SMARTS) is 1. The van der Waals surface area contributed by atoms with Crippen molar-refractivity contribution in [3.63, 3.8) is 0 Å². The summed E-state index contributed by atoms with van der Waals surface area (Å²) in [6, 6.07) is 17.9. The monoisotopic (exact) mass is 423 g/mol. The van der Waals surface area contributed by atoms with Crippen LogP contribution in [0.2, 0.25) is 0 Å². The Bertz CT molecular complexity index is 1160. The first-order valence-electron chi connectivity index (χ1n) is 9.67. The highest BCUT2D eigenvalue weighted by molar-refractivity contribution is 7.92. The van der Waals surface area contributed by atoms with Crippen molar-refractivity contribution in [1.82, 2.24) is 0 Å². The van der Waals surface area contributed by atoms with E-state index in [9.17, 15) is 13.2 Å². The van der Waals surface area contributed by atoms with E-state index in [-0.39, 0.29) is 5.56 Å². The van der Waals surface area contributed by atoms with Crippen LogP contribution >= 0.6 is 0 Å². The Morgan fingerprint density at radius 1 is 0.867 bits per heavy atom. The summed E-state index contributed by atoms with van der Waals surface area (Å²) >= 11 is 0. The number of anilines is 1. The zero-order valence-corrected chi connectivity index (χ0v) is 18.1. The molecule has 30 heavy (non-hydrogen) atoms. The fourth-order valence-electron chi connectivity index (χ4n) is 3.69. The van der Waals surface area contributed by atoms with E-state index in [1.165, 1.54) is 0 Å². The van der Waals surface area contributed by atoms with E-state index >= 15 is 0 Å². The minimum Gasteiger partial charge on any atom is -0.478 e. The third-order valence-electron chi connectivity index (χ3n) is 4.96. The number of sulfonamides is 1. The normalized spacial score (nSPS) is 11.3. The van der Waals surface area contributed by atoms with Gasteiger partial charge < -0.3 is 5.11 Å². The molecule has 156 valence electrons. The van der Waals surface area contributed by atoms with Crippen molar-refractivity contribution < 1.29 is 18.3 Å². The summed E-state index contributed by atoms with van der Waals surface area (Å²) in [5, 5.41) is 8.98. The topological polar surface area (TPSA) is 83.5 Å². The SMILES string of the molecule is Cc1cc(C)c(S(=O)(=O)Nc2cccc(CCc3ccc(C(=O)O)cc3)c2)c(C)c1. The van der Waals surface area contributed by atoms with E-state index < -0.39 is 16.0 Å². The number of rotatable bonds is 7. The molecule has 0 spiro atoms. The summed E-state index contributed by atoms with van der Waals surface area (Å²) in [4.78, 5) is 11.3. The quantitative estimate of drug-likeness (QED) is 0.566. The summed E-state index contributed by atoms with van der Waals surface area (Å²) in [6.45, 7) is 5.56. The molecule has 3 aromatic carbocycles. The minimum atomic E-state index is -3.69. The Morgan fingerprint density at radius 2 is 1.47 bits per heavy atom. The van der Waals surface area contributed by atoms with Gasteiger partial charge in [-0.1, -0.05) is 42.0 Å². The lowest BCUT2D eigenvalue weighted by atomic mass is 10.0. The van der Waals surface area contributed by atoms with Gasteiger partial charge in [-0.3, -0.25) is 4.72 Å². The number of hydrogen-bond donors (Lipinski definition) is 2. The van der Waals surface area contributed by atoms with Gasteiger partial charge in [0, 0.05) is 5.69 Å². The molecule has 0 aliphatic rings. The molecule has 0 unspecified atom stereocenters. The Labute approximate surface area is 177 Å². The molecule has 0 amide bonds. The van der Waals surface area contributed by atoms with Crippen LogP contribution in [0.4, 0.5) is 5.69 Å². The number of aryl methyl sites for hydroxylation is 5. The van der Waals surface area contributed by atoms with Gasteiger partial charge in [-0.25, -0.2) is 13.2 Å². The molecule has 0 aliphatic carbocycles. The van der Waals surface area contributed by atoms with Crippen LogP contribution in [0.1, 0.15) is 38.2 Å². The number of carbonyl (C=O) groups is 1. The molecule has 0 bridgehead atoms. The Hall–Kier alpha value is -3.12. The molecular formula is C24H25NO4S. The van der Waals surface area contributed by atoms with Crippen molar-refractivity contribution in [2.45, 2.75) is 38.5 Å². The van der Waals surface area contributed by atoms with Crippen molar-refractivity contribution in [1.29, 1.82) is 0 Å². The predicted molar refractivity (Wildman–Crippen MR) is 119 cm³/mol. The molecule has 0 saturated heterocycles. The molecule has 0 aliphatic heterocycles. The van der Waals surface area contributed by atoms with Crippen LogP contribution in [-0.2, 0) is 22.9 Å². The zero-order chi connectivity index (χ0) is 21.9. The maximum Gasteiger partial charge on any atom is 0.335 e. The van der Waals surface area contributed by atoms with Crippen molar-refractivity contribution in [3.05, 3.63) is 94.0 Å². The average Bonchev–Trinajstić information content (AvgIpc) is 2.65. The van der Waals surface area contributed by atoms with Gasteiger partial charge in [0.1, 0.15) is 0 Å². The van der Waals surface area contributed by atoms with E-state index in [0.717, 1.165) is 34.2 Å². The zero-order valence-electron chi connectivity index (χ0n) is 17.3. The Balaban J connectivity index is 1.74. The lowest BCUT2D eigenvalue weighted by molar-refractivity contribution is 0.0697. The van der Waals surface area contributed by atoms with Crippen molar-refractivity contribution >= 4 is 21.7 Å². The first-order valence-corrected chi connectivity index (χ1v) is 11.2. The largest absolute Gasteiger partial charge is 0.478 e. The maximum absolute atomic E-state index is 13.0. The molecule has 0 heterocycles. The van der Waals surface area contributed by atoms with E-state index in [1.54, 1.807) is 44.2 Å². The molecule has 3 aromatic rings. The summed E-state index contributed by atoms with van der Waals surface area (Å²) in [5.74, 6) is -0.944. The number of nitrogens with one attached hydrogen (secondary N) is 1. The highest BCUT2D eigenvalue weighted by atomic mass is 32.2. The van der Waals surface area contributed by atoms with Crippen LogP contribution in [-0.4, -0.2) is 19.5 Å². The van der Waals surface area contributed by atoms with Gasteiger partial charge in [0.2, 0.25) is 0 Å². The van der Waals surface area contributed by atoms with Crippen molar-refractivity contribution in [2.75, 3.05) is 4.72 Å². The fourth-order valence-corrected chi connectivity index (χ4v) is 5.19. The van der Waals surface area contributed by atoms with Crippen LogP contribution < -0.4 is 4.72 Å². The third kappa shape index (κ3) is 5.07. The smallest absolute Gasteiger partial charge is 0.335 e. The summed E-state index contributed by atoms with van der Waals surface area (Å²) in [7, 11) is -3.69. The van der Waals surface area contributed by atoms with Crippen molar-refractivity contribution in [3.8, 4) is 0 Å². The first kappa shape index (κ1) is 21.6. The molecule has 2 N–H and O–H groups in total. The van der Waals surface area contributed by atoms with Gasteiger partial charge in [0.15, 0.2) is 0 Å². The predicted octanol–water partition coefficient (Wildman–Crippen LogP) is 4.90. The maximum atomic E-state index is 13.0. The van der Waals surface area contributed by atoms with Crippen LogP contribution in [0.5, 0.6) is 0 Å². The van der Waals surface area contributed by atoms with Gasteiger partial charge in [-0.05, 0) is 80.1 Å². The second-order valence-electron chi connectivity index (χ2n) is 7.54. The second kappa shape index (κ2) is 8.71. The van der Waals surface area contributed by atoms with Gasteiger partial charge in [-0.2, -0.15) is 0 Å². The molecule has 0 radical (unpaired) electrons. The molecule has 0 saturated carbocycles. The molecule has 0 atom stereocenters. The van der Waals surface area contributed by atoms with Crippen LogP contribution in [0.15, 0.2) is 65.6 Å². The van der Waals surface area contributed by atoms with Crippen molar-refractivity contribution in [2.24, 2.45) is 0 Å². The lowest BCUT2D eigenvalue weighted by Gasteiger charge is -2.14. The standard InChI is InChI=1S/C24H25NO4S/c1-16-13-17(2)23(18(3)14-16)30(28,29)25-22-6-4-5-20(15-22)8-7-19-9-11-21(12-10-19)24(26)27/h4-6,9-15,25H,7-8H2,1-3H3,(H,26,27). The van der Waals surface area contributed by atoms with Gasteiger partial charge in [0.05, 0.1) is 10.5 Å². The summed E-state index contributed by atoms with van der Waals surface area (Å²) in [5.41, 5.74) is 5.28. The number of benzene rings is 3. The average molecular weight is 424 g/mol. The van der Waals surface area contributed by atoms with E-state index in [2.05, 4.69) is 4.72 Å². The van der Waals surface area contributed by atoms with Gasteiger partial charge in [0.25, 0.3) is 10.0 Å². The van der Waals surface area contributed by atoms with Crippen LogP contribution in [0.3, 0.4) is 0 Å². The highest BCUT2D eigenvalue weighted by Crippen LogP contribution is 2.25. The molecule has 6 heteroatoms. The highest BCUT2D eigenvalue weighted by Gasteiger charge is 2.20. The number of carboxylic acids is 1. The second-order valence-corrected chi connectivity index (χ2v) is 9.16. The van der Waals surface area contributed by atoms with Crippen LogP contribution in [0.25, 0.3) is 0 Å². The lowest BCUT2D eigenvalue weighted by Crippen LogP contribution is -2.16. The fraction of sp³-hybridized carbons (Fsp3) is 0.208. The minimum absolute atomic E-state index is 0.261. The third-order valence-corrected chi connectivity index (χ3v) is 6.64. The molecule has 0 fully saturated rings. The van der Waals surface area contributed by atoms with Crippen LogP contribution in [0, 0.1) is 20.8 Å². The Kier molecular flexibility index (Phi) is 6.27.